The average Bonchev–Trinajstić information content (AvgIpc) is 2.96. The molecular formula is C18H23NO3. The molecule has 1 aliphatic carbocycles. The molecule has 0 bridgehead atoms. The first kappa shape index (κ1) is 15.1. The van der Waals surface area contributed by atoms with Crippen LogP contribution in [0.15, 0.2) is 28.7 Å². The lowest BCUT2D eigenvalue weighted by molar-refractivity contribution is 0.0624. The van der Waals surface area contributed by atoms with Crippen molar-refractivity contribution in [1.29, 1.82) is 0 Å². The number of furan rings is 1. The summed E-state index contributed by atoms with van der Waals surface area (Å²) in [7, 11) is 1.85. The van der Waals surface area contributed by atoms with E-state index in [1.54, 1.807) is 4.90 Å². The fraction of sp³-hybridized carbons (Fsp3) is 0.500. The van der Waals surface area contributed by atoms with Crippen LogP contribution >= 0.6 is 0 Å². The molecule has 1 heterocycles. The number of amides is 1. The van der Waals surface area contributed by atoms with Crippen LogP contribution in [0.5, 0.6) is 0 Å². The molecule has 3 rings (SSSR count). The summed E-state index contributed by atoms with van der Waals surface area (Å²) < 4.78 is 5.71. The minimum absolute atomic E-state index is 0.0544. The Morgan fingerprint density at radius 3 is 2.68 bits per heavy atom. The summed E-state index contributed by atoms with van der Waals surface area (Å²) in [5, 5.41) is 10.2. The Bertz CT molecular complexity index is 668. The highest BCUT2D eigenvalue weighted by Gasteiger charge is 2.28. The highest BCUT2D eigenvalue weighted by Crippen LogP contribution is 2.28. The number of carbonyl (C=O) groups is 1. The van der Waals surface area contributed by atoms with Crippen molar-refractivity contribution < 1.29 is 14.3 Å². The van der Waals surface area contributed by atoms with Crippen molar-refractivity contribution in [1.82, 2.24) is 4.90 Å². The van der Waals surface area contributed by atoms with Crippen molar-refractivity contribution >= 4 is 16.9 Å². The molecule has 0 aliphatic heterocycles. The van der Waals surface area contributed by atoms with Gasteiger partial charge in [-0.1, -0.05) is 11.6 Å². The minimum atomic E-state index is -0.0544. The highest BCUT2D eigenvalue weighted by atomic mass is 16.3. The molecule has 22 heavy (non-hydrogen) atoms. The highest BCUT2D eigenvalue weighted by molar-refractivity contribution is 5.96. The number of hydrogen-bond acceptors (Lipinski definition) is 3. The van der Waals surface area contributed by atoms with E-state index in [2.05, 4.69) is 0 Å². The van der Waals surface area contributed by atoms with Crippen LogP contribution in [0.1, 0.15) is 41.8 Å². The van der Waals surface area contributed by atoms with Gasteiger partial charge in [0.15, 0.2) is 5.76 Å². The number of aliphatic hydroxyl groups is 1. The van der Waals surface area contributed by atoms with E-state index in [4.69, 9.17) is 4.42 Å². The van der Waals surface area contributed by atoms with Gasteiger partial charge < -0.3 is 14.4 Å². The molecule has 0 saturated heterocycles. The standard InChI is InChI=1S/C18H23NO3/c1-12-3-8-16-14(9-12)10-17(22-16)18(21)19(2)15-6-4-13(11-20)5-7-15/h3,8-10,13,15,20H,4-7,11H2,1-2H3. The van der Waals surface area contributed by atoms with Crippen LogP contribution in [-0.2, 0) is 0 Å². The molecular weight excluding hydrogens is 278 g/mol. The van der Waals surface area contributed by atoms with Gasteiger partial charge >= 0.3 is 0 Å². The molecule has 2 aromatic rings. The number of rotatable bonds is 3. The molecule has 1 fully saturated rings. The first-order chi connectivity index (χ1) is 10.6. The smallest absolute Gasteiger partial charge is 0.289 e. The molecule has 1 aromatic heterocycles. The van der Waals surface area contributed by atoms with Gasteiger partial charge in [0.2, 0.25) is 0 Å². The molecule has 1 aromatic carbocycles. The molecule has 0 unspecified atom stereocenters. The Balaban J connectivity index is 1.74. The van der Waals surface area contributed by atoms with Gasteiger partial charge in [-0.05, 0) is 56.7 Å². The van der Waals surface area contributed by atoms with E-state index < -0.39 is 0 Å². The molecule has 4 heteroatoms. The Hall–Kier alpha value is -1.81. The van der Waals surface area contributed by atoms with Crippen LogP contribution in [0.2, 0.25) is 0 Å². The zero-order chi connectivity index (χ0) is 15.7. The number of benzene rings is 1. The second kappa shape index (κ2) is 6.13. The van der Waals surface area contributed by atoms with Crippen molar-refractivity contribution in [3.05, 3.63) is 35.6 Å². The van der Waals surface area contributed by atoms with E-state index in [0.717, 1.165) is 42.2 Å². The van der Waals surface area contributed by atoms with E-state index in [0.29, 0.717) is 11.7 Å². The minimum Gasteiger partial charge on any atom is -0.451 e. The monoisotopic (exact) mass is 301 g/mol. The topological polar surface area (TPSA) is 53.7 Å². The molecule has 1 amide bonds. The van der Waals surface area contributed by atoms with Crippen LogP contribution in [0.4, 0.5) is 0 Å². The fourth-order valence-corrected chi connectivity index (χ4v) is 3.32. The Morgan fingerprint density at radius 2 is 2.00 bits per heavy atom. The molecule has 1 N–H and O–H groups in total. The van der Waals surface area contributed by atoms with Gasteiger partial charge in [-0.3, -0.25) is 4.79 Å². The van der Waals surface area contributed by atoms with Crippen LogP contribution in [0.25, 0.3) is 11.0 Å². The lowest BCUT2D eigenvalue weighted by Gasteiger charge is -2.33. The van der Waals surface area contributed by atoms with E-state index >= 15 is 0 Å². The van der Waals surface area contributed by atoms with E-state index in [9.17, 15) is 9.90 Å². The maximum atomic E-state index is 12.6. The van der Waals surface area contributed by atoms with Gasteiger partial charge in [-0.25, -0.2) is 0 Å². The summed E-state index contributed by atoms with van der Waals surface area (Å²) in [4.78, 5) is 14.4. The summed E-state index contributed by atoms with van der Waals surface area (Å²) in [6, 6.07) is 8.00. The number of aliphatic hydroxyl groups excluding tert-OH is 1. The average molecular weight is 301 g/mol. The third-order valence-electron chi connectivity index (χ3n) is 4.83. The first-order valence-corrected chi connectivity index (χ1v) is 7.96. The van der Waals surface area contributed by atoms with Crippen LogP contribution in [0, 0.1) is 12.8 Å². The second-order valence-electron chi connectivity index (χ2n) is 6.43. The quantitative estimate of drug-likeness (QED) is 0.945. The maximum absolute atomic E-state index is 12.6. The number of aryl methyl sites for hydroxylation is 1. The molecule has 1 saturated carbocycles. The van der Waals surface area contributed by atoms with Crippen LogP contribution in [0.3, 0.4) is 0 Å². The van der Waals surface area contributed by atoms with Crippen LogP contribution in [-0.4, -0.2) is 35.6 Å². The number of hydrogen-bond donors (Lipinski definition) is 1. The summed E-state index contributed by atoms with van der Waals surface area (Å²) in [6.07, 6.45) is 3.87. The summed E-state index contributed by atoms with van der Waals surface area (Å²) in [5.41, 5.74) is 1.91. The number of carbonyl (C=O) groups excluding carboxylic acids is 1. The van der Waals surface area contributed by atoms with Crippen molar-refractivity contribution in [2.75, 3.05) is 13.7 Å². The maximum Gasteiger partial charge on any atom is 0.289 e. The van der Waals surface area contributed by atoms with E-state index in [-0.39, 0.29) is 18.6 Å². The van der Waals surface area contributed by atoms with Crippen molar-refractivity contribution in [2.45, 2.75) is 38.6 Å². The van der Waals surface area contributed by atoms with Crippen molar-refractivity contribution in [2.24, 2.45) is 5.92 Å². The van der Waals surface area contributed by atoms with Gasteiger partial charge in [0, 0.05) is 25.1 Å². The molecule has 118 valence electrons. The third-order valence-corrected chi connectivity index (χ3v) is 4.83. The Kier molecular flexibility index (Phi) is 4.21. The Morgan fingerprint density at radius 1 is 1.27 bits per heavy atom. The molecule has 1 aliphatic rings. The Labute approximate surface area is 130 Å². The van der Waals surface area contributed by atoms with E-state index in [1.165, 1.54) is 0 Å². The second-order valence-corrected chi connectivity index (χ2v) is 6.43. The lowest BCUT2D eigenvalue weighted by Crippen LogP contribution is -2.39. The predicted octanol–water partition coefficient (Wildman–Crippen LogP) is 3.36. The molecule has 4 nitrogen and oxygen atoms in total. The zero-order valence-corrected chi connectivity index (χ0v) is 13.2. The first-order valence-electron chi connectivity index (χ1n) is 7.96. The largest absolute Gasteiger partial charge is 0.451 e. The lowest BCUT2D eigenvalue weighted by atomic mass is 9.86. The summed E-state index contributed by atoms with van der Waals surface area (Å²) in [5.74, 6) is 0.752. The predicted molar refractivity (Wildman–Crippen MR) is 85.9 cm³/mol. The van der Waals surface area contributed by atoms with Gasteiger partial charge in [0.1, 0.15) is 5.58 Å². The molecule has 0 atom stereocenters. The third kappa shape index (κ3) is 2.88. The fourth-order valence-electron chi connectivity index (χ4n) is 3.32. The molecule has 0 radical (unpaired) electrons. The molecule has 0 spiro atoms. The van der Waals surface area contributed by atoms with Gasteiger partial charge in [-0.2, -0.15) is 0 Å². The number of nitrogens with zero attached hydrogens (tertiary/aromatic N) is 1. The zero-order valence-electron chi connectivity index (χ0n) is 13.2. The van der Waals surface area contributed by atoms with Gasteiger partial charge in [-0.15, -0.1) is 0 Å². The van der Waals surface area contributed by atoms with Crippen LogP contribution < -0.4 is 0 Å². The van der Waals surface area contributed by atoms with Crippen molar-refractivity contribution in [3.63, 3.8) is 0 Å². The van der Waals surface area contributed by atoms with Gasteiger partial charge in [0.25, 0.3) is 5.91 Å². The van der Waals surface area contributed by atoms with E-state index in [1.807, 2.05) is 38.2 Å². The van der Waals surface area contributed by atoms with Crippen molar-refractivity contribution in [3.8, 4) is 0 Å². The normalized spacial score (nSPS) is 22.0. The SMILES string of the molecule is Cc1ccc2oc(C(=O)N(C)C3CCC(CO)CC3)cc2c1. The summed E-state index contributed by atoms with van der Waals surface area (Å²) in [6.45, 7) is 2.28. The van der Waals surface area contributed by atoms with Gasteiger partial charge in [0.05, 0.1) is 0 Å². The summed E-state index contributed by atoms with van der Waals surface area (Å²) >= 11 is 0. The number of fused-ring (bicyclic) bond motifs is 1.